The van der Waals surface area contributed by atoms with E-state index in [9.17, 15) is 14.7 Å². The molecule has 5 nitrogen and oxygen atoms in total. The fourth-order valence-electron chi connectivity index (χ4n) is 1.58. The van der Waals surface area contributed by atoms with Gasteiger partial charge in [-0.3, -0.25) is 0 Å². The Morgan fingerprint density at radius 2 is 1.90 bits per heavy atom. The van der Waals surface area contributed by atoms with Crippen LogP contribution in [0.25, 0.3) is 0 Å². The maximum Gasteiger partial charge on any atom is 1.00 e. The first-order valence-corrected chi connectivity index (χ1v) is 5.79. The Morgan fingerprint density at radius 1 is 1.30 bits per heavy atom. The minimum absolute atomic E-state index is 0. The van der Waals surface area contributed by atoms with Crippen LogP contribution in [0.1, 0.15) is 18.1 Å². The number of ether oxygens (including phenoxy) is 1. The molecule has 0 fully saturated rings. The van der Waals surface area contributed by atoms with Gasteiger partial charge in [-0.15, -0.1) is 0 Å². The monoisotopic (exact) mass is 285 g/mol. The molecule has 0 atom stereocenters. The van der Waals surface area contributed by atoms with Crippen molar-refractivity contribution in [1.29, 1.82) is 0 Å². The van der Waals surface area contributed by atoms with E-state index < -0.39 is 11.9 Å². The molecule has 0 saturated carbocycles. The maximum atomic E-state index is 11.0. The predicted octanol–water partition coefficient (Wildman–Crippen LogP) is -2.85. The number of allylic oxidation sites excluding steroid dienone is 1. The summed E-state index contributed by atoms with van der Waals surface area (Å²) in [6, 6.07) is 7.18. The van der Waals surface area contributed by atoms with Crippen LogP contribution in [0.5, 0.6) is 0 Å². The minimum Gasteiger partial charge on any atom is -0.550 e. The summed E-state index contributed by atoms with van der Waals surface area (Å²) in [4.78, 5) is 21.7. The Morgan fingerprint density at radius 3 is 2.45 bits per heavy atom. The molecule has 1 rings (SSSR count). The first kappa shape index (κ1) is 18.7. The molecule has 0 aliphatic heterocycles. The topological polar surface area (TPSA) is 78.5 Å². The zero-order valence-corrected chi connectivity index (χ0v) is 13.9. The van der Waals surface area contributed by atoms with Crippen molar-refractivity contribution < 1.29 is 49.0 Å². The van der Waals surface area contributed by atoms with Crippen LogP contribution in [0.4, 0.5) is 0 Å². The number of carboxylic acid groups (broad SMARTS) is 1. The average Bonchev–Trinajstić information content (AvgIpc) is 2.37. The summed E-state index contributed by atoms with van der Waals surface area (Å²) in [5.41, 5.74) is 2.19. The van der Waals surface area contributed by atoms with Crippen molar-refractivity contribution in [2.24, 2.45) is 0 Å². The van der Waals surface area contributed by atoms with Crippen LogP contribution in [0.15, 0.2) is 36.0 Å². The van der Waals surface area contributed by atoms with Crippen LogP contribution >= 0.6 is 0 Å². The molecule has 1 N–H and O–H groups in total. The second-order valence-corrected chi connectivity index (χ2v) is 4.02. The summed E-state index contributed by atoms with van der Waals surface area (Å²) >= 11 is 0. The number of hydrogen-bond acceptors (Lipinski definition) is 5. The summed E-state index contributed by atoms with van der Waals surface area (Å²) in [5, 5.41) is 13.7. The van der Waals surface area contributed by atoms with Crippen LogP contribution < -0.4 is 40.0 Å². The van der Waals surface area contributed by atoms with Gasteiger partial charge in [0.05, 0.1) is 7.11 Å². The molecule has 0 amide bonds. The second kappa shape index (κ2) is 9.58. The van der Waals surface area contributed by atoms with Crippen LogP contribution in [0.3, 0.4) is 0 Å². The van der Waals surface area contributed by atoms with Gasteiger partial charge in [-0.25, -0.2) is 4.79 Å². The van der Waals surface area contributed by atoms with Gasteiger partial charge in [-0.1, -0.05) is 24.3 Å². The molecule has 0 saturated heterocycles. The number of hydrogen-bond donors (Lipinski definition) is 1. The number of nitrogens with one attached hydrogen (secondary N) is 1. The van der Waals surface area contributed by atoms with Crippen LogP contribution in [-0.2, 0) is 27.3 Å². The summed E-state index contributed by atoms with van der Waals surface area (Å²) in [6.07, 6.45) is 1.21. The number of carboxylic acids is 1. The number of aliphatic carboxylic acids is 1. The quantitative estimate of drug-likeness (QED) is 0.346. The SMILES string of the molecule is COC(=O)C=C(C)NCc1ccccc1CC(=O)[O-].[Na+]. The van der Waals surface area contributed by atoms with Crippen molar-refractivity contribution in [3.8, 4) is 0 Å². The number of rotatable bonds is 6. The summed E-state index contributed by atoms with van der Waals surface area (Å²) in [5.74, 6) is -1.55. The van der Waals surface area contributed by atoms with Crippen molar-refractivity contribution in [3.63, 3.8) is 0 Å². The van der Waals surface area contributed by atoms with Crippen molar-refractivity contribution in [1.82, 2.24) is 5.32 Å². The molecule has 0 bridgehead atoms. The van der Waals surface area contributed by atoms with Crippen molar-refractivity contribution in [2.45, 2.75) is 19.9 Å². The van der Waals surface area contributed by atoms with Gasteiger partial charge in [0.2, 0.25) is 0 Å². The molecule has 0 unspecified atom stereocenters. The van der Waals surface area contributed by atoms with Gasteiger partial charge in [-0.2, -0.15) is 0 Å². The molecule has 0 aromatic heterocycles. The van der Waals surface area contributed by atoms with Gasteiger partial charge >= 0.3 is 35.5 Å². The Balaban J connectivity index is 0.00000361. The summed E-state index contributed by atoms with van der Waals surface area (Å²) in [6.45, 7) is 2.17. The third-order valence-corrected chi connectivity index (χ3v) is 2.55. The van der Waals surface area contributed by atoms with E-state index in [4.69, 9.17) is 0 Å². The van der Waals surface area contributed by atoms with Crippen molar-refractivity contribution >= 4 is 11.9 Å². The largest absolute Gasteiger partial charge is 1.00 e. The van der Waals surface area contributed by atoms with E-state index in [0.29, 0.717) is 17.8 Å². The molecule has 1 aromatic carbocycles. The Bertz CT molecular complexity index is 500. The summed E-state index contributed by atoms with van der Waals surface area (Å²) < 4.78 is 4.51. The maximum absolute atomic E-state index is 11.0. The normalized spacial score (nSPS) is 10.4. The van der Waals surface area contributed by atoms with Gasteiger partial charge in [0, 0.05) is 30.7 Å². The predicted molar refractivity (Wildman–Crippen MR) is 67.8 cm³/mol. The van der Waals surface area contributed by atoms with Gasteiger partial charge < -0.3 is 20.0 Å². The molecular weight excluding hydrogens is 269 g/mol. The van der Waals surface area contributed by atoms with E-state index in [2.05, 4.69) is 10.1 Å². The fourth-order valence-corrected chi connectivity index (χ4v) is 1.58. The summed E-state index contributed by atoms with van der Waals surface area (Å²) in [7, 11) is 1.31. The molecule has 0 heterocycles. The van der Waals surface area contributed by atoms with Crippen LogP contribution in [-0.4, -0.2) is 19.0 Å². The van der Waals surface area contributed by atoms with E-state index in [1.165, 1.54) is 13.2 Å². The van der Waals surface area contributed by atoms with E-state index >= 15 is 0 Å². The molecule has 0 spiro atoms. The van der Waals surface area contributed by atoms with E-state index in [0.717, 1.165) is 5.56 Å². The molecule has 0 aliphatic carbocycles. The molecule has 102 valence electrons. The third kappa shape index (κ3) is 6.75. The standard InChI is InChI=1S/C14H17NO4.Na/c1-10(7-14(18)19-2)15-9-12-6-4-3-5-11(12)8-13(16)17;/h3-7,15H,8-9H2,1-2H3,(H,16,17);/q;+1/p-1. The van der Waals surface area contributed by atoms with Gasteiger partial charge in [-0.05, 0) is 18.1 Å². The number of benzene rings is 1. The molecule has 0 aliphatic rings. The van der Waals surface area contributed by atoms with Crippen LogP contribution in [0.2, 0.25) is 0 Å². The number of methoxy groups -OCH3 is 1. The first-order chi connectivity index (χ1) is 9.02. The first-order valence-electron chi connectivity index (χ1n) is 5.79. The average molecular weight is 285 g/mol. The van der Waals surface area contributed by atoms with E-state index in [-0.39, 0.29) is 36.0 Å². The van der Waals surface area contributed by atoms with E-state index in [1.54, 1.807) is 19.1 Å². The van der Waals surface area contributed by atoms with Crippen molar-refractivity contribution in [3.05, 3.63) is 47.2 Å². The Labute approximate surface area is 140 Å². The number of carbonyl (C=O) groups excluding carboxylic acids is 2. The van der Waals surface area contributed by atoms with Gasteiger partial charge in [0.1, 0.15) is 0 Å². The molecule has 1 aromatic rings. The third-order valence-electron chi connectivity index (χ3n) is 2.55. The molecule has 20 heavy (non-hydrogen) atoms. The Hall–Kier alpha value is -1.30. The van der Waals surface area contributed by atoms with Crippen LogP contribution in [0, 0.1) is 0 Å². The molecule has 0 radical (unpaired) electrons. The second-order valence-electron chi connectivity index (χ2n) is 4.02. The number of esters is 1. The van der Waals surface area contributed by atoms with Gasteiger partial charge in [0.15, 0.2) is 0 Å². The van der Waals surface area contributed by atoms with E-state index in [1.807, 2.05) is 12.1 Å². The van der Waals surface area contributed by atoms with Crippen molar-refractivity contribution in [2.75, 3.05) is 7.11 Å². The zero-order chi connectivity index (χ0) is 14.3. The molecular formula is C14H16NNaO4. The van der Waals surface area contributed by atoms with Gasteiger partial charge in [0.25, 0.3) is 0 Å². The fraction of sp³-hybridized carbons (Fsp3) is 0.286. The Kier molecular flexibility index (Phi) is 8.96. The zero-order valence-electron chi connectivity index (χ0n) is 11.9. The molecule has 6 heteroatoms. The minimum atomic E-state index is -1.12. The smallest absolute Gasteiger partial charge is 0.550 e. The number of carbonyl (C=O) groups is 2.